The number of rotatable bonds is 8. The molecule has 1 aliphatic rings. The van der Waals surface area contributed by atoms with Crippen molar-refractivity contribution in [3.63, 3.8) is 0 Å². The van der Waals surface area contributed by atoms with E-state index in [4.69, 9.17) is 5.73 Å². The molecule has 3 aromatic carbocycles. The summed E-state index contributed by atoms with van der Waals surface area (Å²) in [5, 5.41) is 9.68. The van der Waals surface area contributed by atoms with E-state index < -0.39 is 6.36 Å². The number of para-hydroxylation sites is 1. The highest BCUT2D eigenvalue weighted by atomic mass is 32.2. The van der Waals surface area contributed by atoms with Crippen LogP contribution in [0.1, 0.15) is 29.2 Å². The fourth-order valence-electron chi connectivity index (χ4n) is 3.93. The van der Waals surface area contributed by atoms with Crippen molar-refractivity contribution in [3.8, 4) is 5.75 Å². The van der Waals surface area contributed by atoms with Crippen LogP contribution in [0, 0.1) is 6.92 Å². The van der Waals surface area contributed by atoms with Crippen LogP contribution < -0.4 is 15.4 Å². The Balaban J connectivity index is 1.38. The van der Waals surface area contributed by atoms with E-state index in [2.05, 4.69) is 61.9 Å². The summed E-state index contributed by atoms with van der Waals surface area (Å²) in [5.74, 6) is 0.874. The minimum Gasteiger partial charge on any atom is -0.406 e. The highest BCUT2D eigenvalue weighted by molar-refractivity contribution is 8.14. The van der Waals surface area contributed by atoms with Crippen molar-refractivity contribution in [2.24, 2.45) is 25.9 Å². The average molecular weight is 553 g/mol. The monoisotopic (exact) mass is 552 g/mol. The van der Waals surface area contributed by atoms with E-state index in [1.54, 1.807) is 18.0 Å². The summed E-state index contributed by atoms with van der Waals surface area (Å²) in [4.78, 5) is 10.4. The van der Waals surface area contributed by atoms with E-state index >= 15 is 0 Å². The van der Waals surface area contributed by atoms with Gasteiger partial charge in [0.15, 0.2) is 5.17 Å². The summed E-state index contributed by atoms with van der Waals surface area (Å²) >= 11 is 1.69. The predicted octanol–water partition coefficient (Wildman–Crippen LogP) is 6.46. The lowest BCUT2D eigenvalue weighted by Gasteiger charge is -2.22. The number of nitrogens with zero attached hydrogens (tertiary/aromatic N) is 5. The van der Waals surface area contributed by atoms with Gasteiger partial charge in [-0.05, 0) is 54.3 Å². The number of hydrogen-bond donors (Lipinski definition) is 1. The molecule has 0 bridgehead atoms. The van der Waals surface area contributed by atoms with Crippen LogP contribution in [0.4, 0.5) is 24.5 Å². The Morgan fingerprint density at radius 3 is 2.51 bits per heavy atom. The summed E-state index contributed by atoms with van der Waals surface area (Å²) < 4.78 is 40.6. The van der Waals surface area contributed by atoms with Crippen LogP contribution in [0.3, 0.4) is 0 Å². The Labute approximate surface area is 229 Å². The van der Waals surface area contributed by atoms with Crippen molar-refractivity contribution in [1.82, 2.24) is 0 Å². The van der Waals surface area contributed by atoms with Gasteiger partial charge < -0.3 is 15.4 Å². The van der Waals surface area contributed by atoms with E-state index in [9.17, 15) is 13.2 Å². The largest absolute Gasteiger partial charge is 0.573 e. The predicted molar refractivity (Wildman–Crippen MR) is 154 cm³/mol. The Kier molecular flexibility index (Phi) is 9.03. The molecule has 39 heavy (non-hydrogen) atoms. The molecule has 1 saturated heterocycles. The van der Waals surface area contributed by atoms with Crippen LogP contribution in [0.25, 0.3) is 0 Å². The summed E-state index contributed by atoms with van der Waals surface area (Å²) in [6.45, 7) is 5.17. The second-order valence-corrected chi connectivity index (χ2v) is 9.55. The molecule has 2 N–H and O–H groups in total. The number of anilines is 1. The molecule has 7 nitrogen and oxygen atoms in total. The van der Waals surface area contributed by atoms with Crippen LogP contribution in [0.5, 0.6) is 5.75 Å². The van der Waals surface area contributed by atoms with Crippen molar-refractivity contribution in [3.05, 3.63) is 89.0 Å². The average Bonchev–Trinajstić information content (AvgIpc) is 3.37. The summed E-state index contributed by atoms with van der Waals surface area (Å²) in [6, 6.07) is 18.8. The Morgan fingerprint density at radius 2 is 1.82 bits per heavy atom. The number of halogens is 3. The molecular formula is C28H27F3N6OS. The molecule has 1 aliphatic heterocycles. The maximum Gasteiger partial charge on any atom is 0.573 e. The number of aryl methyl sites for hydroxylation is 2. The molecule has 1 heterocycles. The van der Waals surface area contributed by atoms with Crippen LogP contribution in [-0.2, 0) is 6.42 Å². The first-order valence-electron chi connectivity index (χ1n) is 12.2. The lowest BCUT2D eigenvalue weighted by atomic mass is 10.0. The Bertz CT molecular complexity index is 1400. The fourth-order valence-corrected chi connectivity index (χ4v) is 4.83. The second-order valence-electron chi connectivity index (χ2n) is 8.49. The Hall–Kier alpha value is -4.12. The van der Waals surface area contributed by atoms with Crippen molar-refractivity contribution in [2.45, 2.75) is 26.6 Å². The first kappa shape index (κ1) is 27.9. The van der Waals surface area contributed by atoms with Crippen LogP contribution >= 0.6 is 11.8 Å². The van der Waals surface area contributed by atoms with Gasteiger partial charge in [0, 0.05) is 23.5 Å². The zero-order chi connectivity index (χ0) is 27.8. The van der Waals surface area contributed by atoms with Gasteiger partial charge in [0.2, 0.25) is 0 Å². The van der Waals surface area contributed by atoms with E-state index in [1.165, 1.54) is 47.4 Å². The maximum absolute atomic E-state index is 12.3. The highest BCUT2D eigenvalue weighted by Crippen LogP contribution is 2.32. The zero-order valence-corrected chi connectivity index (χ0v) is 22.2. The number of aliphatic imine (C=N–C) groups is 2. The van der Waals surface area contributed by atoms with Crippen molar-refractivity contribution in [1.29, 1.82) is 0 Å². The normalized spacial score (nSPS) is 15.7. The van der Waals surface area contributed by atoms with Crippen molar-refractivity contribution < 1.29 is 17.9 Å². The quantitative estimate of drug-likeness (QED) is 0.197. The van der Waals surface area contributed by atoms with E-state index in [0.29, 0.717) is 11.3 Å². The van der Waals surface area contributed by atoms with Crippen molar-refractivity contribution >= 4 is 46.7 Å². The first-order valence-corrected chi connectivity index (χ1v) is 13.1. The van der Waals surface area contributed by atoms with E-state index in [0.717, 1.165) is 29.4 Å². The van der Waals surface area contributed by atoms with Crippen LogP contribution in [-0.4, -0.2) is 42.2 Å². The smallest absolute Gasteiger partial charge is 0.406 e. The van der Waals surface area contributed by atoms with Gasteiger partial charge in [-0.15, -0.1) is 18.3 Å². The molecule has 4 rings (SSSR count). The molecule has 1 fully saturated rings. The topological polar surface area (TPSA) is 87.9 Å². The molecule has 202 valence electrons. The third kappa shape index (κ3) is 7.70. The second kappa shape index (κ2) is 12.6. The molecule has 0 unspecified atom stereocenters. The number of hydrogen-bond acceptors (Lipinski definition) is 5. The van der Waals surface area contributed by atoms with Gasteiger partial charge in [-0.25, -0.2) is 9.98 Å². The first-order chi connectivity index (χ1) is 18.7. The SMILES string of the molecule is CCc1cccc(C)c1N1CCS/C1=N\N=C\c1ccc(C(N)=NC=Nc2ccc(OC(F)(F)F)cc2)cc1. The van der Waals surface area contributed by atoms with Gasteiger partial charge >= 0.3 is 6.36 Å². The number of thioether (sulfide) groups is 1. The summed E-state index contributed by atoms with van der Waals surface area (Å²) in [5.41, 5.74) is 11.7. The number of ether oxygens (including phenoxy) is 1. The number of benzene rings is 3. The minimum absolute atomic E-state index is 0.238. The molecule has 0 amide bonds. The fraction of sp³-hybridized carbons (Fsp3) is 0.214. The standard InChI is InChI=1S/C28H27F3N6OS/c1-3-21-6-4-5-19(2)25(21)37-15-16-39-27(37)36-35-17-20-7-9-22(10-8-20)26(32)34-18-33-23-11-13-24(14-12-23)38-28(29,30)31/h4-14,17-18H,3,15-16H2,1-2H3,(H2,32,33,34)/b35-17+,36-27-. The molecule has 0 aliphatic carbocycles. The molecule has 0 atom stereocenters. The van der Waals surface area contributed by atoms with E-state index in [-0.39, 0.29) is 11.6 Å². The van der Waals surface area contributed by atoms with Crippen LogP contribution in [0.2, 0.25) is 0 Å². The summed E-state index contributed by atoms with van der Waals surface area (Å²) in [6.07, 6.45) is -0.861. The molecule has 3 aromatic rings. The van der Waals surface area contributed by atoms with Gasteiger partial charge in [0.05, 0.1) is 11.9 Å². The molecule has 0 saturated carbocycles. The minimum atomic E-state index is -4.74. The number of amidine groups is 2. The van der Waals surface area contributed by atoms with Gasteiger partial charge in [0.25, 0.3) is 0 Å². The van der Waals surface area contributed by atoms with Crippen LogP contribution in [0.15, 0.2) is 86.9 Å². The number of nitrogens with two attached hydrogens (primary N) is 1. The molecule has 0 aromatic heterocycles. The van der Waals surface area contributed by atoms with Gasteiger partial charge in [-0.1, -0.05) is 61.2 Å². The van der Waals surface area contributed by atoms with Gasteiger partial charge in [-0.2, -0.15) is 5.10 Å². The summed E-state index contributed by atoms with van der Waals surface area (Å²) in [7, 11) is 0. The molecule has 11 heteroatoms. The lowest BCUT2D eigenvalue weighted by Crippen LogP contribution is -2.25. The molecule has 0 spiro atoms. The zero-order valence-electron chi connectivity index (χ0n) is 21.4. The third-order valence-corrected chi connectivity index (χ3v) is 6.73. The van der Waals surface area contributed by atoms with Crippen molar-refractivity contribution in [2.75, 3.05) is 17.2 Å². The molecular weight excluding hydrogens is 525 g/mol. The molecule has 0 radical (unpaired) electrons. The Morgan fingerprint density at radius 1 is 1.08 bits per heavy atom. The van der Waals surface area contributed by atoms with Gasteiger partial charge in [0.1, 0.15) is 17.9 Å². The highest BCUT2D eigenvalue weighted by Gasteiger charge is 2.31. The third-order valence-electron chi connectivity index (χ3n) is 5.78. The maximum atomic E-state index is 12.3. The van der Waals surface area contributed by atoms with Gasteiger partial charge in [-0.3, -0.25) is 0 Å². The lowest BCUT2D eigenvalue weighted by molar-refractivity contribution is -0.274. The van der Waals surface area contributed by atoms with E-state index in [1.807, 2.05) is 24.3 Å². The number of alkyl halides is 3.